The number of nitrogens with one attached hydrogen (secondary N) is 2. The van der Waals surface area contributed by atoms with Crippen LogP contribution in [0.3, 0.4) is 0 Å². The first-order chi connectivity index (χ1) is 16.8. The number of ether oxygens (including phenoxy) is 1. The average Bonchev–Trinajstić information content (AvgIpc) is 3.16. The molecule has 0 radical (unpaired) electrons. The highest BCUT2D eigenvalue weighted by Gasteiger charge is 2.33. The topological polar surface area (TPSA) is 118 Å². The van der Waals surface area contributed by atoms with E-state index in [0.29, 0.717) is 24.2 Å². The first-order valence-corrected chi connectivity index (χ1v) is 13.3. The summed E-state index contributed by atoms with van der Waals surface area (Å²) >= 11 is 0. The molecule has 1 atom stereocenters. The van der Waals surface area contributed by atoms with Gasteiger partial charge in [0.1, 0.15) is 5.82 Å². The molecule has 0 fully saturated rings. The molecule has 2 heterocycles. The number of aromatic amines is 1. The van der Waals surface area contributed by atoms with Gasteiger partial charge in [-0.1, -0.05) is 30.3 Å². The lowest BCUT2D eigenvalue weighted by Gasteiger charge is -2.22. The number of rotatable bonds is 9. The number of carbonyl (C=O) groups is 2. The fourth-order valence-corrected chi connectivity index (χ4v) is 6.18. The second-order valence-corrected chi connectivity index (χ2v) is 11.1. The minimum absolute atomic E-state index is 0.0498. The Morgan fingerprint density at radius 2 is 1.97 bits per heavy atom. The molecule has 1 unspecified atom stereocenters. The van der Waals surface area contributed by atoms with E-state index < -0.39 is 9.84 Å². The van der Waals surface area contributed by atoms with Crippen molar-refractivity contribution in [1.82, 2.24) is 9.97 Å². The first kappa shape index (κ1) is 24.8. The number of anilines is 1. The highest BCUT2D eigenvalue weighted by atomic mass is 32.2. The second-order valence-electron chi connectivity index (χ2n) is 8.91. The van der Waals surface area contributed by atoms with Gasteiger partial charge in [-0.3, -0.25) is 9.59 Å². The summed E-state index contributed by atoms with van der Waals surface area (Å²) in [7, 11) is -1.86. The van der Waals surface area contributed by atoms with Crippen LogP contribution in [0, 0.1) is 5.92 Å². The third-order valence-corrected chi connectivity index (χ3v) is 7.86. The molecule has 0 aliphatic heterocycles. The van der Waals surface area contributed by atoms with E-state index in [1.54, 1.807) is 12.3 Å². The lowest BCUT2D eigenvalue weighted by Crippen LogP contribution is -2.28. The summed E-state index contributed by atoms with van der Waals surface area (Å²) in [6, 6.07) is 13.5. The standard InChI is InChI=1S/C26H29N3O5S/c1-17(30)28-24-15-20(8-9-27-24)26-21(12-18-6-4-3-5-7-18)25-22(29-26)13-19(14-23(25)31)16-35(32,33)11-10-34-2/h3-9,15,19,29H,10-14,16H2,1-2H3,(H,27,28,30). The molecule has 1 aliphatic carbocycles. The van der Waals surface area contributed by atoms with Gasteiger partial charge in [0.25, 0.3) is 0 Å². The summed E-state index contributed by atoms with van der Waals surface area (Å²) in [6.45, 7) is 1.56. The van der Waals surface area contributed by atoms with Crippen molar-refractivity contribution >= 4 is 27.3 Å². The predicted molar refractivity (Wildman–Crippen MR) is 134 cm³/mol. The fourth-order valence-electron chi connectivity index (χ4n) is 4.64. The molecule has 1 aliphatic rings. The molecule has 8 nitrogen and oxygen atoms in total. The molecule has 1 aromatic carbocycles. The quantitative estimate of drug-likeness (QED) is 0.470. The van der Waals surface area contributed by atoms with E-state index in [-0.39, 0.29) is 42.1 Å². The summed E-state index contributed by atoms with van der Waals surface area (Å²) in [5, 5.41) is 2.70. The molecule has 2 N–H and O–H groups in total. The number of carbonyl (C=O) groups excluding carboxylic acids is 2. The lowest BCUT2D eigenvalue weighted by molar-refractivity contribution is -0.114. The second kappa shape index (κ2) is 10.5. The highest BCUT2D eigenvalue weighted by molar-refractivity contribution is 7.91. The van der Waals surface area contributed by atoms with E-state index in [1.165, 1.54) is 14.0 Å². The zero-order valence-electron chi connectivity index (χ0n) is 19.8. The van der Waals surface area contributed by atoms with Crippen molar-refractivity contribution in [2.75, 3.05) is 30.5 Å². The van der Waals surface area contributed by atoms with Crippen LogP contribution in [0.5, 0.6) is 0 Å². The van der Waals surface area contributed by atoms with Crippen molar-refractivity contribution in [2.24, 2.45) is 5.92 Å². The number of ketones is 1. The molecule has 4 rings (SSSR count). The Bertz CT molecular complexity index is 1330. The predicted octanol–water partition coefficient (Wildman–Crippen LogP) is 3.43. The largest absolute Gasteiger partial charge is 0.384 e. The number of sulfone groups is 1. The number of amides is 1. The molecular weight excluding hydrogens is 466 g/mol. The van der Waals surface area contributed by atoms with Gasteiger partial charge < -0.3 is 15.0 Å². The van der Waals surface area contributed by atoms with Gasteiger partial charge in [0.2, 0.25) is 5.91 Å². The fraction of sp³-hybridized carbons (Fsp3) is 0.346. The number of aromatic nitrogens is 2. The molecule has 9 heteroatoms. The highest BCUT2D eigenvalue weighted by Crippen LogP contribution is 2.37. The average molecular weight is 496 g/mol. The molecule has 3 aromatic rings. The molecule has 35 heavy (non-hydrogen) atoms. The van der Waals surface area contributed by atoms with E-state index in [1.807, 2.05) is 36.4 Å². The monoisotopic (exact) mass is 495 g/mol. The van der Waals surface area contributed by atoms with Crippen LogP contribution in [0.25, 0.3) is 11.3 Å². The van der Waals surface area contributed by atoms with Crippen LogP contribution in [0.1, 0.15) is 40.5 Å². The number of hydrogen-bond donors (Lipinski definition) is 2. The Labute approximate surface area is 205 Å². The Morgan fingerprint density at radius 1 is 1.20 bits per heavy atom. The van der Waals surface area contributed by atoms with Crippen LogP contribution in [0.15, 0.2) is 48.7 Å². The summed E-state index contributed by atoms with van der Waals surface area (Å²) < 4.78 is 29.9. The summed E-state index contributed by atoms with van der Waals surface area (Å²) in [5.41, 5.74) is 4.91. The normalized spacial score (nSPS) is 15.6. The maximum atomic E-state index is 13.4. The number of nitrogens with zero attached hydrogens (tertiary/aromatic N) is 1. The van der Waals surface area contributed by atoms with E-state index in [9.17, 15) is 18.0 Å². The molecule has 0 saturated heterocycles. The maximum Gasteiger partial charge on any atom is 0.222 e. The van der Waals surface area contributed by atoms with Crippen LogP contribution >= 0.6 is 0 Å². The Kier molecular flexibility index (Phi) is 7.47. The van der Waals surface area contributed by atoms with Crippen molar-refractivity contribution in [3.05, 3.63) is 71.0 Å². The first-order valence-electron chi connectivity index (χ1n) is 11.5. The van der Waals surface area contributed by atoms with Crippen LogP contribution in [-0.2, 0) is 32.2 Å². The summed E-state index contributed by atoms with van der Waals surface area (Å²) in [4.78, 5) is 32.5. The van der Waals surface area contributed by atoms with Gasteiger partial charge in [0.15, 0.2) is 15.6 Å². The maximum absolute atomic E-state index is 13.4. The lowest BCUT2D eigenvalue weighted by atomic mass is 9.84. The van der Waals surface area contributed by atoms with Gasteiger partial charge in [-0.2, -0.15) is 0 Å². The van der Waals surface area contributed by atoms with Gasteiger partial charge in [0, 0.05) is 49.9 Å². The summed E-state index contributed by atoms with van der Waals surface area (Å²) in [5.74, 6) is -0.257. The third-order valence-electron chi connectivity index (χ3n) is 6.09. The van der Waals surface area contributed by atoms with Crippen molar-refractivity contribution < 1.29 is 22.7 Å². The van der Waals surface area contributed by atoms with Crippen molar-refractivity contribution in [2.45, 2.75) is 26.2 Å². The number of hydrogen-bond acceptors (Lipinski definition) is 6. The third kappa shape index (κ3) is 6.04. The molecule has 1 amide bonds. The van der Waals surface area contributed by atoms with E-state index in [4.69, 9.17) is 4.74 Å². The molecule has 0 saturated carbocycles. The van der Waals surface area contributed by atoms with Crippen LogP contribution in [0.2, 0.25) is 0 Å². The SMILES string of the molecule is COCCS(=O)(=O)CC1CC(=O)c2c([nH]c(-c3ccnc(NC(C)=O)c3)c2Cc2ccccc2)C1. The van der Waals surface area contributed by atoms with Crippen LogP contribution in [-0.4, -0.2) is 55.3 Å². The molecule has 0 spiro atoms. The zero-order chi connectivity index (χ0) is 25.0. The van der Waals surface area contributed by atoms with E-state index in [2.05, 4.69) is 15.3 Å². The zero-order valence-corrected chi connectivity index (χ0v) is 20.7. The number of H-pyrrole nitrogens is 1. The van der Waals surface area contributed by atoms with Crippen molar-refractivity contribution in [3.63, 3.8) is 0 Å². The van der Waals surface area contributed by atoms with E-state index >= 15 is 0 Å². The Hall–Kier alpha value is -3.30. The molecule has 0 bridgehead atoms. The van der Waals surface area contributed by atoms with Crippen molar-refractivity contribution in [3.8, 4) is 11.3 Å². The van der Waals surface area contributed by atoms with Gasteiger partial charge in [-0.05, 0) is 35.6 Å². The van der Waals surface area contributed by atoms with Gasteiger partial charge >= 0.3 is 0 Å². The number of Topliss-reactive ketones (excluding diaryl/α,β-unsaturated/α-hetero) is 1. The molecule has 184 valence electrons. The van der Waals surface area contributed by atoms with E-state index in [0.717, 1.165) is 28.1 Å². The van der Waals surface area contributed by atoms with Crippen LogP contribution < -0.4 is 5.32 Å². The number of methoxy groups -OCH3 is 1. The number of fused-ring (bicyclic) bond motifs is 1. The number of benzene rings is 1. The van der Waals surface area contributed by atoms with Crippen LogP contribution in [0.4, 0.5) is 5.82 Å². The minimum Gasteiger partial charge on any atom is -0.384 e. The van der Waals surface area contributed by atoms with Gasteiger partial charge in [0.05, 0.1) is 23.8 Å². The van der Waals surface area contributed by atoms with Gasteiger partial charge in [-0.25, -0.2) is 13.4 Å². The molecule has 2 aromatic heterocycles. The Morgan fingerprint density at radius 3 is 2.69 bits per heavy atom. The minimum atomic E-state index is -3.33. The Balaban J connectivity index is 1.73. The van der Waals surface area contributed by atoms with Crippen molar-refractivity contribution in [1.29, 1.82) is 0 Å². The smallest absolute Gasteiger partial charge is 0.222 e. The number of pyridine rings is 1. The summed E-state index contributed by atoms with van der Waals surface area (Å²) in [6.07, 6.45) is 2.81. The molecular formula is C26H29N3O5S. The van der Waals surface area contributed by atoms with Gasteiger partial charge in [-0.15, -0.1) is 0 Å².